The molecule has 99 valence electrons. The van der Waals surface area contributed by atoms with Crippen LogP contribution in [0.4, 0.5) is 0 Å². The number of benzene rings is 1. The highest BCUT2D eigenvalue weighted by Crippen LogP contribution is 2.29. The van der Waals surface area contributed by atoms with E-state index in [2.05, 4.69) is 0 Å². The molecule has 1 saturated carbocycles. The highest BCUT2D eigenvalue weighted by atomic mass is 35.5. The van der Waals surface area contributed by atoms with E-state index in [4.69, 9.17) is 26.7 Å². The van der Waals surface area contributed by atoms with Crippen LogP contribution in [0.2, 0.25) is 5.02 Å². The average Bonchev–Trinajstić information content (AvgIpc) is 2.39. The van der Waals surface area contributed by atoms with Crippen molar-refractivity contribution >= 4 is 17.6 Å². The van der Waals surface area contributed by atoms with Crippen molar-refractivity contribution in [1.29, 1.82) is 5.26 Å². The number of nitrogens with zero attached hydrogens (tertiary/aromatic N) is 1. The van der Waals surface area contributed by atoms with Crippen molar-refractivity contribution in [3.05, 3.63) is 35.2 Å². The van der Waals surface area contributed by atoms with Crippen LogP contribution < -0.4 is 4.74 Å². The number of carbonyl (C=O) groups is 1. The largest absolute Gasteiger partial charge is 0.490 e. The molecule has 2 rings (SSSR count). The van der Waals surface area contributed by atoms with Gasteiger partial charge in [-0.2, -0.15) is 5.26 Å². The van der Waals surface area contributed by atoms with E-state index in [-0.39, 0.29) is 6.10 Å². The lowest BCUT2D eigenvalue weighted by Gasteiger charge is -2.27. The molecule has 0 saturated heterocycles. The van der Waals surface area contributed by atoms with Gasteiger partial charge in [-0.1, -0.05) is 11.6 Å². The van der Waals surface area contributed by atoms with Crippen molar-refractivity contribution in [2.75, 3.05) is 0 Å². The van der Waals surface area contributed by atoms with Crippen LogP contribution in [0.3, 0.4) is 0 Å². The van der Waals surface area contributed by atoms with Gasteiger partial charge in [-0.05, 0) is 37.8 Å². The fourth-order valence-electron chi connectivity index (χ4n) is 2.14. The number of rotatable bonds is 3. The minimum Gasteiger partial charge on any atom is -0.490 e. The van der Waals surface area contributed by atoms with Gasteiger partial charge in [-0.3, -0.25) is 4.79 Å². The molecule has 0 aliphatic heterocycles. The van der Waals surface area contributed by atoms with Crippen molar-refractivity contribution in [3.63, 3.8) is 0 Å². The molecule has 2 unspecified atom stereocenters. The number of hydrogen-bond donors (Lipinski definition) is 1. The number of halogens is 1. The Balaban J connectivity index is 2.03. The molecule has 0 bridgehead atoms. The third kappa shape index (κ3) is 3.39. The molecule has 0 heterocycles. The fraction of sp³-hybridized carbons (Fsp3) is 0.357. The van der Waals surface area contributed by atoms with Crippen molar-refractivity contribution in [1.82, 2.24) is 0 Å². The number of carboxylic acid groups (broad SMARTS) is 1. The van der Waals surface area contributed by atoms with Crippen LogP contribution in [-0.4, -0.2) is 17.2 Å². The Hall–Kier alpha value is -1.73. The summed E-state index contributed by atoms with van der Waals surface area (Å²) in [5.41, 5.74) is 0.398. The quantitative estimate of drug-likeness (QED) is 0.922. The molecule has 1 aromatic carbocycles. The third-order valence-electron chi connectivity index (χ3n) is 3.14. The number of nitriles is 1. The van der Waals surface area contributed by atoms with Crippen molar-refractivity contribution < 1.29 is 14.6 Å². The number of hydrogen-bond acceptors (Lipinski definition) is 3. The van der Waals surface area contributed by atoms with E-state index in [9.17, 15) is 4.79 Å². The van der Waals surface area contributed by atoms with E-state index < -0.39 is 11.9 Å². The second kappa shape index (κ2) is 5.94. The van der Waals surface area contributed by atoms with Gasteiger partial charge in [0.1, 0.15) is 11.8 Å². The zero-order valence-corrected chi connectivity index (χ0v) is 10.9. The van der Waals surface area contributed by atoms with Gasteiger partial charge in [0.05, 0.1) is 22.6 Å². The van der Waals surface area contributed by atoms with E-state index in [1.807, 2.05) is 12.5 Å². The van der Waals surface area contributed by atoms with Crippen LogP contribution in [0, 0.1) is 23.7 Å². The maximum absolute atomic E-state index is 10.9. The van der Waals surface area contributed by atoms with Crippen LogP contribution in [0.25, 0.3) is 0 Å². The Labute approximate surface area is 116 Å². The average molecular weight is 279 g/mol. The normalized spacial score (nSPS) is 22.5. The lowest BCUT2D eigenvalue weighted by molar-refractivity contribution is -0.142. The first kappa shape index (κ1) is 13.7. The summed E-state index contributed by atoms with van der Waals surface area (Å²) in [4.78, 5) is 10.9. The number of ether oxygens (including phenoxy) is 1. The minimum atomic E-state index is -0.814. The van der Waals surface area contributed by atoms with Crippen LogP contribution in [0.5, 0.6) is 5.75 Å². The standard InChI is InChI=1S/C14H13ClNO3/c15-13-7-12(5-4-10(13)8-16)19-11-3-1-2-9(6-11)14(17)18/h2,4-5,7,9,11H,1,3,6H2,(H,17,18). The first-order valence-corrected chi connectivity index (χ1v) is 6.40. The third-order valence-corrected chi connectivity index (χ3v) is 3.45. The van der Waals surface area contributed by atoms with Crippen LogP contribution in [-0.2, 0) is 4.79 Å². The molecule has 4 nitrogen and oxygen atoms in total. The summed E-state index contributed by atoms with van der Waals surface area (Å²) in [6, 6.07) is 6.85. The fourth-order valence-corrected chi connectivity index (χ4v) is 2.35. The lowest BCUT2D eigenvalue weighted by atomic mass is 9.87. The maximum Gasteiger partial charge on any atom is 0.306 e. The number of carboxylic acids is 1. The molecule has 1 fully saturated rings. The SMILES string of the molecule is N#Cc1ccc(OC2CC[CH]C(C(=O)O)C2)cc1Cl. The first-order valence-electron chi connectivity index (χ1n) is 6.02. The predicted octanol–water partition coefficient (Wildman–Crippen LogP) is 3.05. The smallest absolute Gasteiger partial charge is 0.306 e. The molecule has 0 amide bonds. The van der Waals surface area contributed by atoms with Gasteiger partial charge in [0.2, 0.25) is 0 Å². The van der Waals surface area contributed by atoms with Crippen LogP contribution in [0.1, 0.15) is 24.8 Å². The Morgan fingerprint density at radius 3 is 2.95 bits per heavy atom. The Kier molecular flexibility index (Phi) is 4.28. The summed E-state index contributed by atoms with van der Waals surface area (Å²) in [5.74, 6) is -0.696. The number of aliphatic carboxylic acids is 1. The van der Waals surface area contributed by atoms with Gasteiger partial charge in [0.25, 0.3) is 0 Å². The molecule has 2 atom stereocenters. The Morgan fingerprint density at radius 2 is 2.32 bits per heavy atom. The Morgan fingerprint density at radius 1 is 1.53 bits per heavy atom. The van der Waals surface area contributed by atoms with Crippen molar-refractivity contribution in [3.8, 4) is 11.8 Å². The van der Waals surface area contributed by atoms with Gasteiger partial charge in [-0.25, -0.2) is 0 Å². The summed E-state index contributed by atoms with van der Waals surface area (Å²) in [6.45, 7) is 0. The van der Waals surface area contributed by atoms with Gasteiger partial charge >= 0.3 is 5.97 Å². The highest BCUT2D eigenvalue weighted by Gasteiger charge is 2.28. The summed E-state index contributed by atoms with van der Waals surface area (Å²) >= 11 is 5.92. The summed E-state index contributed by atoms with van der Waals surface area (Å²) in [6.07, 6.45) is 3.67. The van der Waals surface area contributed by atoms with Crippen LogP contribution >= 0.6 is 11.6 Å². The van der Waals surface area contributed by atoms with E-state index >= 15 is 0 Å². The van der Waals surface area contributed by atoms with E-state index in [0.29, 0.717) is 22.8 Å². The Bertz CT molecular complexity index is 524. The molecular formula is C14H13ClNO3. The molecule has 1 aromatic rings. The van der Waals surface area contributed by atoms with Gasteiger partial charge < -0.3 is 9.84 Å². The monoisotopic (exact) mass is 278 g/mol. The van der Waals surface area contributed by atoms with Gasteiger partial charge in [-0.15, -0.1) is 0 Å². The van der Waals surface area contributed by atoms with Gasteiger partial charge in [0, 0.05) is 6.07 Å². The molecular weight excluding hydrogens is 266 g/mol. The zero-order valence-electron chi connectivity index (χ0n) is 10.2. The molecule has 19 heavy (non-hydrogen) atoms. The van der Waals surface area contributed by atoms with Crippen molar-refractivity contribution in [2.45, 2.75) is 25.4 Å². The predicted molar refractivity (Wildman–Crippen MR) is 69.9 cm³/mol. The molecule has 5 heteroatoms. The van der Waals surface area contributed by atoms with Crippen LogP contribution in [0.15, 0.2) is 18.2 Å². The molecule has 1 radical (unpaired) electrons. The highest BCUT2D eigenvalue weighted by molar-refractivity contribution is 6.31. The summed E-state index contributed by atoms with van der Waals surface area (Å²) < 4.78 is 5.74. The zero-order chi connectivity index (χ0) is 13.8. The summed E-state index contributed by atoms with van der Waals surface area (Å²) in [5, 5.41) is 18.1. The maximum atomic E-state index is 10.9. The second-order valence-electron chi connectivity index (χ2n) is 4.49. The first-order chi connectivity index (χ1) is 9.10. The van der Waals surface area contributed by atoms with E-state index in [1.165, 1.54) is 0 Å². The molecule has 0 aromatic heterocycles. The second-order valence-corrected chi connectivity index (χ2v) is 4.89. The molecule has 0 spiro atoms. The van der Waals surface area contributed by atoms with E-state index in [1.54, 1.807) is 18.2 Å². The van der Waals surface area contributed by atoms with Crippen molar-refractivity contribution in [2.24, 2.45) is 5.92 Å². The molecule has 1 aliphatic rings. The topological polar surface area (TPSA) is 70.3 Å². The summed E-state index contributed by atoms with van der Waals surface area (Å²) in [7, 11) is 0. The van der Waals surface area contributed by atoms with Gasteiger partial charge in [0.15, 0.2) is 0 Å². The van der Waals surface area contributed by atoms with E-state index in [0.717, 1.165) is 12.8 Å². The minimum absolute atomic E-state index is 0.130. The lowest BCUT2D eigenvalue weighted by Crippen LogP contribution is -2.29. The molecule has 1 N–H and O–H groups in total. The molecule has 1 aliphatic carbocycles.